The van der Waals surface area contributed by atoms with Gasteiger partial charge >= 0.3 is 0 Å². The molecule has 1 N–H and O–H groups in total. The van der Waals surface area contributed by atoms with Crippen molar-refractivity contribution in [1.82, 2.24) is 14.8 Å². The van der Waals surface area contributed by atoms with Crippen LogP contribution < -0.4 is 14.8 Å². The monoisotopic (exact) mass is 386 g/mol. The van der Waals surface area contributed by atoms with Crippen molar-refractivity contribution < 1.29 is 18.7 Å². The van der Waals surface area contributed by atoms with Crippen molar-refractivity contribution in [1.29, 1.82) is 0 Å². The summed E-state index contributed by atoms with van der Waals surface area (Å²) in [5, 5.41) is 7.96. The lowest BCUT2D eigenvalue weighted by Gasteiger charge is -2.12. The van der Waals surface area contributed by atoms with Gasteiger partial charge in [-0.1, -0.05) is 0 Å². The highest BCUT2D eigenvalue weighted by molar-refractivity contribution is 5.92. The molecule has 1 amide bonds. The maximum Gasteiger partial charge on any atom is 0.242 e. The summed E-state index contributed by atoms with van der Waals surface area (Å²) < 4.78 is 25.5. The topological polar surface area (TPSA) is 78.3 Å². The zero-order chi connectivity index (χ0) is 20.4. The number of carbonyl (C=O) groups is 1. The molecular formula is C20H23FN4O3. The maximum absolute atomic E-state index is 13.3. The van der Waals surface area contributed by atoms with Gasteiger partial charge in [0.1, 0.15) is 11.6 Å². The predicted molar refractivity (Wildman–Crippen MR) is 104 cm³/mol. The number of methoxy groups -OCH3 is 2. The van der Waals surface area contributed by atoms with Gasteiger partial charge in [0, 0.05) is 25.2 Å². The van der Waals surface area contributed by atoms with Crippen molar-refractivity contribution in [2.45, 2.75) is 26.7 Å². The number of anilines is 1. The van der Waals surface area contributed by atoms with E-state index in [0.29, 0.717) is 18.0 Å². The SMILES string of the molecule is COc1cc(F)ccc1NC(=O)CCc1c(C)nc2c(c(OC)nn2C)c1C. The Morgan fingerprint density at radius 2 is 2.00 bits per heavy atom. The first kappa shape index (κ1) is 19.6. The Labute approximate surface area is 162 Å². The molecule has 0 saturated heterocycles. The van der Waals surface area contributed by atoms with Crippen molar-refractivity contribution in [2.75, 3.05) is 19.5 Å². The summed E-state index contributed by atoms with van der Waals surface area (Å²) in [5.41, 5.74) is 4.02. The van der Waals surface area contributed by atoms with E-state index in [9.17, 15) is 9.18 Å². The number of halogens is 1. The van der Waals surface area contributed by atoms with Crippen LogP contribution in [0, 0.1) is 19.7 Å². The molecule has 0 aliphatic heterocycles. The van der Waals surface area contributed by atoms with Crippen LogP contribution >= 0.6 is 0 Å². The zero-order valence-corrected chi connectivity index (χ0v) is 16.6. The lowest BCUT2D eigenvalue weighted by molar-refractivity contribution is -0.116. The van der Waals surface area contributed by atoms with E-state index >= 15 is 0 Å². The third-order valence-electron chi connectivity index (χ3n) is 4.76. The molecule has 3 rings (SSSR count). The Bertz CT molecular complexity index is 1050. The minimum atomic E-state index is -0.425. The van der Waals surface area contributed by atoms with Gasteiger partial charge in [-0.3, -0.25) is 4.79 Å². The molecule has 0 spiro atoms. The molecule has 0 aliphatic rings. The molecule has 2 heterocycles. The minimum absolute atomic E-state index is 0.193. The lowest BCUT2D eigenvalue weighted by atomic mass is 10.00. The highest BCUT2D eigenvalue weighted by Gasteiger charge is 2.18. The van der Waals surface area contributed by atoms with Gasteiger partial charge in [-0.05, 0) is 43.5 Å². The quantitative estimate of drug-likeness (QED) is 0.703. The van der Waals surface area contributed by atoms with Crippen molar-refractivity contribution >= 4 is 22.6 Å². The van der Waals surface area contributed by atoms with Crippen molar-refractivity contribution in [3.05, 3.63) is 40.8 Å². The van der Waals surface area contributed by atoms with E-state index < -0.39 is 5.82 Å². The zero-order valence-electron chi connectivity index (χ0n) is 16.6. The second-order valence-corrected chi connectivity index (χ2v) is 6.53. The van der Waals surface area contributed by atoms with Gasteiger partial charge in [-0.15, -0.1) is 5.10 Å². The Morgan fingerprint density at radius 1 is 1.25 bits per heavy atom. The fourth-order valence-corrected chi connectivity index (χ4v) is 3.33. The number of aryl methyl sites for hydroxylation is 3. The molecule has 0 radical (unpaired) electrons. The number of benzene rings is 1. The van der Waals surface area contributed by atoms with Crippen LogP contribution in [0.2, 0.25) is 0 Å². The molecule has 0 fully saturated rings. The number of fused-ring (bicyclic) bond motifs is 1. The fraction of sp³-hybridized carbons (Fsp3) is 0.350. The molecule has 2 aromatic heterocycles. The lowest BCUT2D eigenvalue weighted by Crippen LogP contribution is -2.14. The molecule has 8 heteroatoms. The number of ether oxygens (including phenoxy) is 2. The summed E-state index contributed by atoms with van der Waals surface area (Å²) in [5.74, 6) is 0.181. The third kappa shape index (κ3) is 3.62. The molecule has 28 heavy (non-hydrogen) atoms. The summed E-state index contributed by atoms with van der Waals surface area (Å²) >= 11 is 0. The Balaban J connectivity index is 1.81. The van der Waals surface area contributed by atoms with E-state index in [1.54, 1.807) is 11.8 Å². The number of hydrogen-bond acceptors (Lipinski definition) is 5. The van der Waals surface area contributed by atoms with Gasteiger partial charge in [-0.2, -0.15) is 0 Å². The number of pyridine rings is 1. The second kappa shape index (κ2) is 7.84. The Hall–Kier alpha value is -3.16. The number of rotatable bonds is 6. The number of nitrogens with zero attached hydrogens (tertiary/aromatic N) is 3. The van der Waals surface area contributed by atoms with Crippen LogP contribution in [0.25, 0.3) is 11.0 Å². The molecule has 0 saturated carbocycles. The van der Waals surface area contributed by atoms with Gasteiger partial charge < -0.3 is 14.8 Å². The molecule has 0 bridgehead atoms. The summed E-state index contributed by atoms with van der Waals surface area (Å²) in [6.45, 7) is 3.90. The number of amides is 1. The molecule has 1 aromatic carbocycles. The van der Waals surface area contributed by atoms with Crippen molar-refractivity contribution in [3.63, 3.8) is 0 Å². The average molecular weight is 386 g/mol. The normalized spacial score (nSPS) is 10.9. The van der Waals surface area contributed by atoms with Gasteiger partial charge in [0.15, 0.2) is 5.65 Å². The standard InChI is InChI=1S/C20H23FN4O3/c1-11-14(12(2)22-19-18(11)20(28-5)24-25(19)3)7-9-17(26)23-15-8-6-13(21)10-16(15)27-4/h6,8,10H,7,9H2,1-5H3,(H,23,26). The maximum atomic E-state index is 13.3. The van der Waals surface area contributed by atoms with E-state index in [1.807, 2.05) is 20.9 Å². The predicted octanol–water partition coefficient (Wildman–Crippen LogP) is 3.31. The van der Waals surface area contributed by atoms with Crippen molar-refractivity contribution in [2.24, 2.45) is 7.05 Å². The van der Waals surface area contributed by atoms with Crippen molar-refractivity contribution in [3.8, 4) is 11.6 Å². The number of hydrogen-bond donors (Lipinski definition) is 1. The molecule has 7 nitrogen and oxygen atoms in total. The molecule has 148 valence electrons. The van der Waals surface area contributed by atoms with E-state index in [1.165, 1.54) is 25.3 Å². The van der Waals surface area contributed by atoms with E-state index in [0.717, 1.165) is 27.9 Å². The first-order chi connectivity index (χ1) is 13.3. The average Bonchev–Trinajstić information content (AvgIpc) is 2.98. The Kier molecular flexibility index (Phi) is 5.48. The van der Waals surface area contributed by atoms with Gasteiger partial charge in [0.25, 0.3) is 0 Å². The van der Waals surface area contributed by atoms with Crippen LogP contribution in [0.5, 0.6) is 11.6 Å². The van der Waals surface area contributed by atoms with Crippen LogP contribution in [0.3, 0.4) is 0 Å². The van der Waals surface area contributed by atoms with E-state index in [-0.39, 0.29) is 18.1 Å². The number of nitrogens with one attached hydrogen (secondary N) is 1. The minimum Gasteiger partial charge on any atom is -0.494 e. The third-order valence-corrected chi connectivity index (χ3v) is 4.76. The molecular weight excluding hydrogens is 363 g/mol. The van der Waals surface area contributed by atoms with E-state index in [2.05, 4.69) is 15.4 Å². The fourth-order valence-electron chi connectivity index (χ4n) is 3.33. The Morgan fingerprint density at radius 3 is 2.68 bits per heavy atom. The van der Waals surface area contributed by atoms with Gasteiger partial charge in [0.05, 0.1) is 25.3 Å². The summed E-state index contributed by atoms with van der Waals surface area (Å²) in [6, 6.07) is 3.99. The molecule has 0 aliphatic carbocycles. The molecule has 0 unspecified atom stereocenters. The first-order valence-corrected chi connectivity index (χ1v) is 8.85. The number of aromatic nitrogens is 3. The van der Waals surface area contributed by atoms with Gasteiger partial charge in [0.2, 0.25) is 11.8 Å². The smallest absolute Gasteiger partial charge is 0.242 e. The van der Waals surface area contributed by atoms with Crippen LogP contribution in [0.4, 0.5) is 10.1 Å². The van der Waals surface area contributed by atoms with Crippen LogP contribution in [0.1, 0.15) is 23.2 Å². The van der Waals surface area contributed by atoms with Crippen LogP contribution in [-0.2, 0) is 18.3 Å². The van der Waals surface area contributed by atoms with Crippen LogP contribution in [-0.4, -0.2) is 34.9 Å². The molecule has 3 aromatic rings. The van der Waals surface area contributed by atoms with Gasteiger partial charge in [-0.25, -0.2) is 14.1 Å². The number of carbonyl (C=O) groups excluding carboxylic acids is 1. The summed E-state index contributed by atoms with van der Waals surface area (Å²) in [6.07, 6.45) is 0.756. The largest absolute Gasteiger partial charge is 0.494 e. The summed E-state index contributed by atoms with van der Waals surface area (Å²) in [4.78, 5) is 17.1. The van der Waals surface area contributed by atoms with Crippen LogP contribution in [0.15, 0.2) is 18.2 Å². The van der Waals surface area contributed by atoms with E-state index in [4.69, 9.17) is 9.47 Å². The molecule has 0 atom stereocenters. The summed E-state index contributed by atoms with van der Waals surface area (Å²) in [7, 11) is 4.82. The highest BCUT2D eigenvalue weighted by atomic mass is 19.1. The first-order valence-electron chi connectivity index (χ1n) is 8.85. The highest BCUT2D eigenvalue weighted by Crippen LogP contribution is 2.31. The second-order valence-electron chi connectivity index (χ2n) is 6.53.